The first kappa shape index (κ1) is 14.4. The van der Waals surface area contributed by atoms with Gasteiger partial charge in [0.1, 0.15) is 5.75 Å². The lowest BCUT2D eigenvalue weighted by atomic mass is 10.3. The highest BCUT2D eigenvalue weighted by Gasteiger charge is 2.07. The summed E-state index contributed by atoms with van der Waals surface area (Å²) in [5.41, 5.74) is 2.03. The van der Waals surface area contributed by atoms with Crippen LogP contribution in [0.5, 0.6) is 5.75 Å². The van der Waals surface area contributed by atoms with Crippen LogP contribution < -0.4 is 16.0 Å². The number of ether oxygens (including phenoxy) is 1. The van der Waals surface area contributed by atoms with Crippen LogP contribution in [0.2, 0.25) is 15.1 Å². The average Bonchev–Trinajstić information content (AvgIpc) is 2.30. The van der Waals surface area contributed by atoms with Gasteiger partial charge >= 0.3 is 0 Å². The Morgan fingerprint density at radius 3 is 2.53 bits per heavy atom. The SMILES string of the molecule is NNC(=O)CCCOc1cc(Cl)c(Cl)cc1Cl. The monoisotopic (exact) mass is 296 g/mol. The third kappa shape index (κ3) is 4.60. The minimum absolute atomic E-state index is 0.242. The molecule has 0 fully saturated rings. The minimum Gasteiger partial charge on any atom is -0.492 e. The molecule has 1 aromatic rings. The lowest BCUT2D eigenvalue weighted by molar-refractivity contribution is -0.121. The molecule has 0 aliphatic carbocycles. The predicted molar refractivity (Wildman–Crippen MR) is 68.5 cm³/mol. The molecule has 0 atom stereocenters. The summed E-state index contributed by atoms with van der Waals surface area (Å²) >= 11 is 17.5. The van der Waals surface area contributed by atoms with E-state index in [0.717, 1.165) is 0 Å². The van der Waals surface area contributed by atoms with E-state index in [2.05, 4.69) is 0 Å². The molecule has 0 spiro atoms. The Morgan fingerprint density at radius 2 is 1.88 bits per heavy atom. The lowest BCUT2D eigenvalue weighted by Crippen LogP contribution is -2.29. The number of benzene rings is 1. The van der Waals surface area contributed by atoms with Gasteiger partial charge in [-0.3, -0.25) is 10.2 Å². The number of hydrazine groups is 1. The van der Waals surface area contributed by atoms with Crippen molar-refractivity contribution in [2.45, 2.75) is 12.8 Å². The van der Waals surface area contributed by atoms with Crippen molar-refractivity contribution in [3.8, 4) is 5.75 Å². The van der Waals surface area contributed by atoms with Gasteiger partial charge in [0.2, 0.25) is 5.91 Å². The van der Waals surface area contributed by atoms with Gasteiger partial charge in [-0.2, -0.15) is 0 Å². The van der Waals surface area contributed by atoms with Crippen molar-refractivity contribution >= 4 is 40.7 Å². The van der Waals surface area contributed by atoms with Crippen LogP contribution in [0.25, 0.3) is 0 Å². The number of carbonyl (C=O) groups excluding carboxylic acids is 1. The Hall–Kier alpha value is -0.680. The van der Waals surface area contributed by atoms with Crippen LogP contribution >= 0.6 is 34.8 Å². The molecule has 0 saturated heterocycles. The second-order valence-electron chi connectivity index (χ2n) is 3.22. The van der Waals surface area contributed by atoms with Crippen molar-refractivity contribution in [1.82, 2.24) is 5.43 Å². The van der Waals surface area contributed by atoms with Gasteiger partial charge in [-0.15, -0.1) is 0 Å². The number of halogens is 3. The largest absolute Gasteiger partial charge is 0.492 e. The number of hydrogen-bond acceptors (Lipinski definition) is 3. The number of amides is 1. The topological polar surface area (TPSA) is 64.3 Å². The standard InChI is InChI=1S/C10H11Cl3N2O2/c11-6-4-8(13)9(5-7(6)12)17-3-1-2-10(16)15-14/h4-5H,1-3,14H2,(H,15,16). The number of nitrogens with one attached hydrogen (secondary N) is 1. The summed E-state index contributed by atoms with van der Waals surface area (Å²) < 4.78 is 5.37. The predicted octanol–water partition coefficient (Wildman–Crippen LogP) is 2.80. The fourth-order valence-electron chi connectivity index (χ4n) is 1.10. The highest BCUT2D eigenvalue weighted by molar-refractivity contribution is 6.43. The van der Waals surface area contributed by atoms with Crippen LogP contribution in [0.1, 0.15) is 12.8 Å². The maximum Gasteiger partial charge on any atom is 0.234 e. The minimum atomic E-state index is -0.242. The fraction of sp³-hybridized carbons (Fsp3) is 0.300. The van der Waals surface area contributed by atoms with Crippen LogP contribution in [0.15, 0.2) is 12.1 Å². The van der Waals surface area contributed by atoms with E-state index in [1.165, 1.54) is 12.1 Å². The molecule has 4 nitrogen and oxygen atoms in total. The van der Waals surface area contributed by atoms with Gasteiger partial charge in [-0.25, -0.2) is 5.84 Å². The number of carbonyl (C=O) groups is 1. The third-order valence-electron chi connectivity index (χ3n) is 1.94. The van der Waals surface area contributed by atoms with Gasteiger partial charge < -0.3 is 4.74 Å². The quantitative estimate of drug-likeness (QED) is 0.289. The first-order valence-corrected chi connectivity index (χ1v) is 5.94. The zero-order valence-corrected chi connectivity index (χ0v) is 11.1. The summed E-state index contributed by atoms with van der Waals surface area (Å²) in [6.07, 6.45) is 0.815. The molecule has 3 N–H and O–H groups in total. The molecule has 0 aromatic heterocycles. The van der Waals surface area contributed by atoms with E-state index in [-0.39, 0.29) is 12.3 Å². The Bertz CT molecular complexity index is 413. The summed E-state index contributed by atoms with van der Waals surface area (Å²) in [4.78, 5) is 10.8. The third-order valence-corrected chi connectivity index (χ3v) is 2.96. The Morgan fingerprint density at radius 1 is 1.24 bits per heavy atom. The molecule has 0 radical (unpaired) electrons. The van der Waals surface area contributed by atoms with Crippen molar-refractivity contribution in [1.29, 1.82) is 0 Å². The zero-order chi connectivity index (χ0) is 12.8. The van der Waals surface area contributed by atoms with E-state index in [4.69, 9.17) is 45.4 Å². The number of rotatable bonds is 5. The van der Waals surface area contributed by atoms with Crippen LogP contribution in [-0.4, -0.2) is 12.5 Å². The molecule has 0 aliphatic heterocycles. The summed E-state index contributed by atoms with van der Waals surface area (Å²) in [6, 6.07) is 3.04. The molecule has 1 amide bonds. The van der Waals surface area contributed by atoms with Crippen LogP contribution in [0.3, 0.4) is 0 Å². The second kappa shape index (κ2) is 6.91. The van der Waals surface area contributed by atoms with E-state index >= 15 is 0 Å². The number of nitrogens with two attached hydrogens (primary N) is 1. The molecule has 1 aromatic carbocycles. The van der Waals surface area contributed by atoms with E-state index in [1.807, 2.05) is 5.43 Å². The Balaban J connectivity index is 2.47. The second-order valence-corrected chi connectivity index (χ2v) is 4.44. The summed E-state index contributed by atoms with van der Waals surface area (Å²) in [7, 11) is 0. The van der Waals surface area contributed by atoms with Crippen molar-refractivity contribution in [2.24, 2.45) is 5.84 Å². The molecule has 0 unspecified atom stereocenters. The maximum atomic E-state index is 10.8. The molecule has 0 aliphatic rings. The molecule has 7 heteroatoms. The fourth-order valence-corrected chi connectivity index (χ4v) is 1.69. The first-order chi connectivity index (χ1) is 8.04. The summed E-state index contributed by atoms with van der Waals surface area (Å²) in [5, 5.41) is 1.11. The molecule has 1 rings (SSSR count). The zero-order valence-electron chi connectivity index (χ0n) is 8.80. The average molecular weight is 298 g/mol. The van der Waals surface area contributed by atoms with Crippen LogP contribution in [0, 0.1) is 0 Å². The highest BCUT2D eigenvalue weighted by Crippen LogP contribution is 2.33. The first-order valence-electron chi connectivity index (χ1n) is 4.81. The van der Waals surface area contributed by atoms with Gasteiger partial charge in [0.05, 0.1) is 21.7 Å². The van der Waals surface area contributed by atoms with E-state index in [0.29, 0.717) is 33.8 Å². The summed E-state index contributed by atoms with van der Waals surface area (Å²) in [5.74, 6) is 5.13. The smallest absolute Gasteiger partial charge is 0.234 e. The van der Waals surface area contributed by atoms with Crippen LogP contribution in [0.4, 0.5) is 0 Å². The molecule has 0 heterocycles. The lowest BCUT2D eigenvalue weighted by Gasteiger charge is -2.08. The number of hydrogen-bond donors (Lipinski definition) is 2. The molecule has 94 valence electrons. The van der Waals surface area contributed by atoms with E-state index in [1.54, 1.807) is 0 Å². The van der Waals surface area contributed by atoms with Gasteiger partial charge in [-0.1, -0.05) is 34.8 Å². The molecule has 0 bridgehead atoms. The normalized spacial score (nSPS) is 10.1. The Labute approximate surface area is 114 Å². The van der Waals surface area contributed by atoms with Crippen molar-refractivity contribution in [3.63, 3.8) is 0 Å². The molecule has 17 heavy (non-hydrogen) atoms. The molecular formula is C10H11Cl3N2O2. The highest BCUT2D eigenvalue weighted by atomic mass is 35.5. The summed E-state index contributed by atoms with van der Waals surface area (Å²) in [6.45, 7) is 0.338. The maximum absolute atomic E-state index is 10.8. The van der Waals surface area contributed by atoms with Gasteiger partial charge in [0.25, 0.3) is 0 Å². The van der Waals surface area contributed by atoms with Crippen molar-refractivity contribution < 1.29 is 9.53 Å². The molecule has 0 saturated carbocycles. The van der Waals surface area contributed by atoms with Crippen molar-refractivity contribution in [2.75, 3.05) is 6.61 Å². The van der Waals surface area contributed by atoms with E-state index in [9.17, 15) is 4.79 Å². The van der Waals surface area contributed by atoms with Gasteiger partial charge in [0.15, 0.2) is 0 Å². The van der Waals surface area contributed by atoms with Crippen molar-refractivity contribution in [3.05, 3.63) is 27.2 Å². The van der Waals surface area contributed by atoms with E-state index < -0.39 is 0 Å². The van der Waals surface area contributed by atoms with Gasteiger partial charge in [0, 0.05) is 12.5 Å². The van der Waals surface area contributed by atoms with Crippen LogP contribution in [-0.2, 0) is 4.79 Å². The Kier molecular flexibility index (Phi) is 5.85. The molecular weight excluding hydrogens is 286 g/mol. The van der Waals surface area contributed by atoms with Gasteiger partial charge in [-0.05, 0) is 12.5 Å².